The molecule has 7 heteroatoms. The molecule has 0 fully saturated rings. The monoisotopic (exact) mass is 341 g/mol. The summed E-state index contributed by atoms with van der Waals surface area (Å²) in [7, 11) is 3.25. The number of aromatic nitrogens is 1. The molecule has 0 saturated heterocycles. The van der Waals surface area contributed by atoms with Gasteiger partial charge in [0.05, 0.1) is 0 Å². The van der Waals surface area contributed by atoms with E-state index in [0.29, 0.717) is 17.0 Å². The van der Waals surface area contributed by atoms with E-state index in [4.69, 9.17) is 4.74 Å². The predicted octanol–water partition coefficient (Wildman–Crippen LogP) is 2.00. The zero-order valence-corrected chi connectivity index (χ0v) is 14.3. The first-order valence-corrected chi connectivity index (χ1v) is 7.58. The maximum absolute atomic E-state index is 12.0. The maximum Gasteiger partial charge on any atom is 0.272 e. The first kappa shape index (κ1) is 18.1. The van der Waals surface area contributed by atoms with E-state index in [0.717, 1.165) is 0 Å². The van der Waals surface area contributed by atoms with E-state index in [1.165, 1.54) is 24.1 Å². The number of ketones is 1. The first-order valence-electron chi connectivity index (χ1n) is 7.58. The highest BCUT2D eigenvalue weighted by Crippen LogP contribution is 2.13. The third kappa shape index (κ3) is 5.13. The van der Waals surface area contributed by atoms with Crippen LogP contribution in [0, 0.1) is 0 Å². The van der Waals surface area contributed by atoms with Gasteiger partial charge in [-0.3, -0.25) is 19.4 Å². The van der Waals surface area contributed by atoms with E-state index in [9.17, 15) is 14.4 Å². The molecule has 0 aliphatic heterocycles. The highest BCUT2D eigenvalue weighted by molar-refractivity contribution is 5.96. The first-order chi connectivity index (χ1) is 11.9. The summed E-state index contributed by atoms with van der Waals surface area (Å²) in [6.07, 6.45) is 1.45. The summed E-state index contributed by atoms with van der Waals surface area (Å²) in [6.45, 7) is 1.28. The number of amides is 2. The van der Waals surface area contributed by atoms with Crippen molar-refractivity contribution in [1.29, 1.82) is 0 Å². The van der Waals surface area contributed by atoms with Crippen LogP contribution < -0.4 is 10.1 Å². The summed E-state index contributed by atoms with van der Waals surface area (Å²) in [5, 5.41) is 2.65. The van der Waals surface area contributed by atoms with E-state index >= 15 is 0 Å². The van der Waals surface area contributed by atoms with Crippen molar-refractivity contribution < 1.29 is 19.1 Å². The fraction of sp³-hybridized carbons (Fsp3) is 0.222. The molecule has 7 nitrogen and oxygen atoms in total. The van der Waals surface area contributed by atoms with Crippen molar-refractivity contribution in [3.63, 3.8) is 0 Å². The Balaban J connectivity index is 1.93. The molecular weight excluding hydrogens is 322 g/mol. The molecule has 1 aromatic carbocycles. The Labute approximate surface area is 145 Å². The number of pyridine rings is 1. The number of hydrogen-bond donors (Lipinski definition) is 1. The van der Waals surface area contributed by atoms with Crippen molar-refractivity contribution in [3.8, 4) is 5.75 Å². The van der Waals surface area contributed by atoms with Crippen LogP contribution in [0.1, 0.15) is 27.8 Å². The molecule has 0 unspecified atom stereocenters. The Morgan fingerprint density at radius 1 is 1.12 bits per heavy atom. The Morgan fingerprint density at radius 2 is 1.80 bits per heavy atom. The van der Waals surface area contributed by atoms with Crippen LogP contribution in [0.4, 0.5) is 5.69 Å². The molecule has 0 radical (unpaired) electrons. The lowest BCUT2D eigenvalue weighted by Gasteiger charge is -2.11. The lowest BCUT2D eigenvalue weighted by Crippen LogP contribution is -2.24. The van der Waals surface area contributed by atoms with Crippen LogP contribution >= 0.6 is 0 Å². The van der Waals surface area contributed by atoms with Crippen molar-refractivity contribution in [3.05, 3.63) is 53.9 Å². The van der Waals surface area contributed by atoms with Crippen LogP contribution in [-0.4, -0.2) is 48.2 Å². The van der Waals surface area contributed by atoms with E-state index in [-0.39, 0.29) is 29.9 Å². The number of Topliss-reactive ketones (excluding diaryl/α,β-unsaturated/α-hetero) is 1. The van der Waals surface area contributed by atoms with Crippen molar-refractivity contribution in [1.82, 2.24) is 9.88 Å². The summed E-state index contributed by atoms with van der Waals surface area (Å²) >= 11 is 0. The Kier molecular flexibility index (Phi) is 5.84. The molecule has 1 aromatic heterocycles. The highest BCUT2D eigenvalue weighted by atomic mass is 16.5. The summed E-state index contributed by atoms with van der Waals surface area (Å²) in [6, 6.07) is 9.62. The quantitative estimate of drug-likeness (QED) is 0.812. The number of benzene rings is 1. The molecule has 130 valence electrons. The van der Waals surface area contributed by atoms with Gasteiger partial charge in [-0.05, 0) is 43.3 Å². The Morgan fingerprint density at radius 3 is 2.40 bits per heavy atom. The van der Waals surface area contributed by atoms with E-state index in [1.807, 2.05) is 0 Å². The number of carbonyl (C=O) groups is 3. The van der Waals surface area contributed by atoms with Gasteiger partial charge in [-0.2, -0.15) is 0 Å². The molecule has 1 N–H and O–H groups in total. The zero-order chi connectivity index (χ0) is 18.4. The third-order valence-electron chi connectivity index (χ3n) is 3.30. The second-order valence-electron chi connectivity index (χ2n) is 5.55. The second-order valence-corrected chi connectivity index (χ2v) is 5.55. The van der Waals surface area contributed by atoms with Gasteiger partial charge in [0.15, 0.2) is 12.4 Å². The Bertz CT molecular complexity index is 785. The van der Waals surface area contributed by atoms with Crippen molar-refractivity contribution in [2.24, 2.45) is 0 Å². The van der Waals surface area contributed by atoms with Crippen LogP contribution in [0.3, 0.4) is 0 Å². The molecule has 0 saturated carbocycles. The fourth-order valence-electron chi connectivity index (χ4n) is 1.99. The number of nitrogens with zero attached hydrogens (tertiary/aromatic N) is 2. The number of anilines is 1. The normalized spacial score (nSPS) is 10.0. The van der Waals surface area contributed by atoms with Gasteiger partial charge in [0.25, 0.3) is 11.8 Å². The zero-order valence-electron chi connectivity index (χ0n) is 14.3. The van der Waals surface area contributed by atoms with Crippen LogP contribution in [0.15, 0.2) is 42.6 Å². The molecule has 2 aromatic rings. The van der Waals surface area contributed by atoms with Crippen LogP contribution in [0.2, 0.25) is 0 Å². The molecule has 1 heterocycles. The highest BCUT2D eigenvalue weighted by Gasteiger charge is 2.11. The third-order valence-corrected chi connectivity index (χ3v) is 3.30. The average Bonchev–Trinajstić information content (AvgIpc) is 2.59. The molecule has 0 spiro atoms. The Hall–Kier alpha value is -3.22. The number of hydrogen-bond acceptors (Lipinski definition) is 5. The van der Waals surface area contributed by atoms with Gasteiger partial charge in [0, 0.05) is 31.5 Å². The molecule has 0 aliphatic rings. The molecular formula is C18H19N3O4. The minimum absolute atomic E-state index is 0.0370. The van der Waals surface area contributed by atoms with E-state index in [1.54, 1.807) is 44.4 Å². The largest absolute Gasteiger partial charge is 0.484 e. The predicted molar refractivity (Wildman–Crippen MR) is 92.8 cm³/mol. The van der Waals surface area contributed by atoms with Gasteiger partial charge in [0.1, 0.15) is 11.4 Å². The minimum atomic E-state index is -0.370. The SMILES string of the molecule is CC(=O)c1ccc(OCC(=O)Nc2ccnc(C(=O)N(C)C)c2)cc1. The van der Waals surface area contributed by atoms with Gasteiger partial charge in [-0.25, -0.2) is 0 Å². The van der Waals surface area contributed by atoms with Crippen LogP contribution in [0.25, 0.3) is 0 Å². The van der Waals surface area contributed by atoms with Gasteiger partial charge in [0.2, 0.25) is 0 Å². The van der Waals surface area contributed by atoms with Crippen molar-refractivity contribution >= 4 is 23.3 Å². The molecule has 0 aliphatic carbocycles. The molecule has 0 bridgehead atoms. The van der Waals surface area contributed by atoms with Gasteiger partial charge in [-0.1, -0.05) is 0 Å². The summed E-state index contributed by atoms with van der Waals surface area (Å²) in [4.78, 5) is 40.4. The van der Waals surface area contributed by atoms with Gasteiger partial charge < -0.3 is 15.0 Å². The molecule has 25 heavy (non-hydrogen) atoms. The standard InChI is InChI=1S/C18H19N3O4/c1-12(22)13-4-6-15(7-5-13)25-11-17(23)20-14-8-9-19-16(10-14)18(24)21(2)3/h4-10H,11H2,1-3H3,(H,19,20,23). The molecule has 2 amide bonds. The molecule has 2 rings (SSSR count). The van der Waals surface area contributed by atoms with Crippen molar-refractivity contribution in [2.75, 3.05) is 26.0 Å². The average molecular weight is 341 g/mol. The van der Waals surface area contributed by atoms with Crippen LogP contribution in [-0.2, 0) is 4.79 Å². The second kappa shape index (κ2) is 8.05. The van der Waals surface area contributed by atoms with Crippen molar-refractivity contribution in [2.45, 2.75) is 6.92 Å². The lowest BCUT2D eigenvalue weighted by atomic mass is 10.1. The number of ether oxygens (including phenoxy) is 1. The van der Waals surface area contributed by atoms with Gasteiger partial charge in [-0.15, -0.1) is 0 Å². The number of nitrogens with one attached hydrogen (secondary N) is 1. The van der Waals surface area contributed by atoms with E-state index < -0.39 is 0 Å². The fourth-order valence-corrected chi connectivity index (χ4v) is 1.99. The van der Waals surface area contributed by atoms with Gasteiger partial charge >= 0.3 is 0 Å². The summed E-state index contributed by atoms with van der Waals surface area (Å²) < 4.78 is 5.38. The smallest absolute Gasteiger partial charge is 0.272 e. The minimum Gasteiger partial charge on any atom is -0.484 e. The maximum atomic E-state index is 12.0. The summed E-state index contributed by atoms with van der Waals surface area (Å²) in [5.41, 5.74) is 1.27. The summed E-state index contributed by atoms with van der Waals surface area (Å²) in [5.74, 6) is -0.175. The number of carbonyl (C=O) groups excluding carboxylic acids is 3. The lowest BCUT2D eigenvalue weighted by molar-refractivity contribution is -0.118. The number of rotatable bonds is 6. The molecule has 0 atom stereocenters. The topological polar surface area (TPSA) is 88.6 Å². The van der Waals surface area contributed by atoms with E-state index in [2.05, 4.69) is 10.3 Å². The van der Waals surface area contributed by atoms with Crippen LogP contribution in [0.5, 0.6) is 5.75 Å².